The molecule has 46 heavy (non-hydrogen) atoms. The van der Waals surface area contributed by atoms with Gasteiger partial charge in [-0.2, -0.15) is 0 Å². The lowest BCUT2D eigenvalue weighted by Crippen LogP contribution is -2.65. The number of hydrogen-bond acceptors (Lipinski definition) is 16. The Balaban J connectivity index is 1.35. The van der Waals surface area contributed by atoms with E-state index < -0.39 is 80.7 Å². The van der Waals surface area contributed by atoms with Crippen molar-refractivity contribution in [1.82, 2.24) is 0 Å². The summed E-state index contributed by atoms with van der Waals surface area (Å²) in [5.41, 5.74) is 0.802. The van der Waals surface area contributed by atoms with Gasteiger partial charge in [-0.3, -0.25) is 4.79 Å². The molecule has 0 radical (unpaired) electrons. The van der Waals surface area contributed by atoms with E-state index in [1.807, 2.05) is 0 Å². The van der Waals surface area contributed by atoms with Gasteiger partial charge in [-0.05, 0) is 12.1 Å². The molecular weight excluding hydrogens is 616 g/mol. The summed E-state index contributed by atoms with van der Waals surface area (Å²) in [5.74, 6) is 1.20. The first-order chi connectivity index (χ1) is 22.0. The highest BCUT2D eigenvalue weighted by Gasteiger charge is 2.51. The number of fused-ring (bicyclic) bond motifs is 1. The maximum absolute atomic E-state index is 13.1. The Morgan fingerprint density at radius 2 is 1.39 bits per heavy atom. The molecule has 0 bridgehead atoms. The number of aliphatic hydroxyl groups is 7. The molecule has 3 aliphatic heterocycles. The summed E-state index contributed by atoms with van der Waals surface area (Å²) in [7, 11) is 4.32. The normalized spacial score (nSPS) is 34.3. The third-order valence-corrected chi connectivity index (χ3v) is 8.18. The van der Waals surface area contributed by atoms with Crippen LogP contribution in [-0.4, -0.2) is 137 Å². The van der Waals surface area contributed by atoms with Gasteiger partial charge >= 0.3 is 0 Å². The highest BCUT2D eigenvalue weighted by molar-refractivity contribution is 6.03. The number of Topliss-reactive ketones (excluding diaryl/α,β-unsaturated/α-hetero) is 1. The number of carbonyl (C=O) groups excluding carboxylic acids is 1. The van der Waals surface area contributed by atoms with Crippen LogP contribution in [0, 0.1) is 0 Å². The lowest BCUT2D eigenvalue weighted by Gasteiger charge is -2.45. The Labute approximate surface area is 263 Å². The largest absolute Gasteiger partial charge is 0.496 e. The first kappa shape index (κ1) is 34.1. The molecule has 5 rings (SSSR count). The average molecular weight is 655 g/mol. The molecule has 2 aromatic rings. The van der Waals surface area contributed by atoms with Gasteiger partial charge in [0, 0.05) is 23.8 Å². The Morgan fingerprint density at radius 3 is 2.04 bits per heavy atom. The second-order valence-electron chi connectivity index (χ2n) is 11.0. The third kappa shape index (κ3) is 6.46. The Morgan fingerprint density at radius 1 is 0.739 bits per heavy atom. The van der Waals surface area contributed by atoms with Crippen LogP contribution in [0.2, 0.25) is 0 Å². The summed E-state index contributed by atoms with van der Waals surface area (Å²) in [4.78, 5) is 13.1. The van der Waals surface area contributed by atoms with Gasteiger partial charge < -0.3 is 73.6 Å². The number of aliphatic hydroxyl groups excluding tert-OH is 7. The topological polar surface area (TPSA) is 233 Å². The predicted molar refractivity (Wildman–Crippen MR) is 152 cm³/mol. The van der Waals surface area contributed by atoms with Gasteiger partial charge in [0.1, 0.15) is 89.2 Å². The molecule has 0 saturated carbocycles. The van der Waals surface area contributed by atoms with Crippen molar-refractivity contribution in [2.45, 2.75) is 73.9 Å². The van der Waals surface area contributed by atoms with Crippen LogP contribution in [0.3, 0.4) is 0 Å². The monoisotopic (exact) mass is 654 g/mol. The van der Waals surface area contributed by atoms with Crippen molar-refractivity contribution in [3.63, 3.8) is 0 Å². The second kappa shape index (κ2) is 14.2. The maximum atomic E-state index is 13.1. The molecule has 254 valence electrons. The van der Waals surface area contributed by atoms with Crippen LogP contribution >= 0.6 is 0 Å². The number of carbonyl (C=O) groups is 1. The van der Waals surface area contributed by atoms with Crippen LogP contribution in [0.4, 0.5) is 0 Å². The maximum Gasteiger partial charge on any atom is 0.229 e. The van der Waals surface area contributed by atoms with Crippen molar-refractivity contribution >= 4 is 5.78 Å². The van der Waals surface area contributed by atoms with E-state index in [1.165, 1.54) is 33.5 Å². The van der Waals surface area contributed by atoms with Crippen LogP contribution in [0.15, 0.2) is 30.3 Å². The molecule has 0 aromatic heterocycles. The van der Waals surface area contributed by atoms with E-state index in [-0.39, 0.29) is 29.5 Å². The number of ether oxygens (including phenoxy) is 8. The molecule has 0 amide bonds. The van der Waals surface area contributed by atoms with Crippen molar-refractivity contribution < 1.29 is 78.4 Å². The van der Waals surface area contributed by atoms with Crippen LogP contribution in [0.1, 0.15) is 28.4 Å². The molecule has 3 aliphatic rings. The lowest BCUT2D eigenvalue weighted by atomic mass is 9.94. The summed E-state index contributed by atoms with van der Waals surface area (Å²) in [6, 6.07) is 7.75. The van der Waals surface area contributed by atoms with Gasteiger partial charge in [-0.25, -0.2) is 0 Å². The highest BCUT2D eigenvalue weighted by atomic mass is 16.7. The van der Waals surface area contributed by atoms with Gasteiger partial charge in [0.05, 0.1) is 41.0 Å². The van der Waals surface area contributed by atoms with E-state index >= 15 is 0 Å². The smallest absolute Gasteiger partial charge is 0.229 e. The Hall–Kier alpha value is -3.29. The SMILES string of the molecule is COc1cc(OC)c2c(c1)OC(c1ccc(O[C@@H]3O[C@H](CO)[C@@H](O)[C@H](O[C@@H]4O[C@H](CO)[C@H](O)[C@H](O)[C@H]4O)[C@H]3O)cc1OC)CC2=O. The van der Waals surface area contributed by atoms with Crippen LogP contribution in [0.5, 0.6) is 28.7 Å². The first-order valence-corrected chi connectivity index (χ1v) is 14.4. The van der Waals surface area contributed by atoms with Crippen LogP contribution < -0.4 is 23.7 Å². The van der Waals surface area contributed by atoms with Crippen molar-refractivity contribution in [3.05, 3.63) is 41.5 Å². The van der Waals surface area contributed by atoms with E-state index in [2.05, 4.69) is 0 Å². The van der Waals surface area contributed by atoms with Crippen molar-refractivity contribution in [2.24, 2.45) is 0 Å². The van der Waals surface area contributed by atoms with Crippen molar-refractivity contribution in [3.8, 4) is 28.7 Å². The summed E-state index contributed by atoms with van der Waals surface area (Å²) >= 11 is 0. The van der Waals surface area contributed by atoms with E-state index in [1.54, 1.807) is 18.2 Å². The molecule has 1 unspecified atom stereocenters. The highest BCUT2D eigenvalue weighted by Crippen LogP contribution is 2.44. The van der Waals surface area contributed by atoms with Gasteiger partial charge in [0.2, 0.25) is 6.29 Å². The first-order valence-electron chi connectivity index (χ1n) is 14.4. The second-order valence-corrected chi connectivity index (χ2v) is 11.0. The zero-order valence-corrected chi connectivity index (χ0v) is 25.2. The fraction of sp³-hybridized carbons (Fsp3) is 0.567. The number of hydrogen-bond donors (Lipinski definition) is 7. The molecule has 0 aliphatic carbocycles. The minimum Gasteiger partial charge on any atom is -0.496 e. The van der Waals surface area contributed by atoms with E-state index in [9.17, 15) is 40.5 Å². The Bertz CT molecular complexity index is 1370. The third-order valence-electron chi connectivity index (χ3n) is 8.18. The summed E-state index contributed by atoms with van der Waals surface area (Å²) in [6.45, 7) is -1.43. The number of ketones is 1. The molecular formula is C30H38O16. The fourth-order valence-corrected chi connectivity index (χ4v) is 5.66. The van der Waals surface area contributed by atoms with Gasteiger partial charge in [0.25, 0.3) is 0 Å². The molecule has 11 atom stereocenters. The number of rotatable bonds is 10. The van der Waals surface area contributed by atoms with Crippen LogP contribution in [-0.2, 0) is 14.2 Å². The summed E-state index contributed by atoms with van der Waals surface area (Å²) in [5, 5.41) is 71.7. The summed E-state index contributed by atoms with van der Waals surface area (Å²) < 4.78 is 44.8. The molecule has 16 nitrogen and oxygen atoms in total. The van der Waals surface area contributed by atoms with Gasteiger partial charge in [-0.15, -0.1) is 0 Å². The zero-order valence-electron chi connectivity index (χ0n) is 25.2. The molecule has 3 heterocycles. The van der Waals surface area contributed by atoms with Gasteiger partial charge in [-0.1, -0.05) is 0 Å². The molecule has 2 fully saturated rings. The minimum absolute atomic E-state index is 0.0241. The molecule has 0 spiro atoms. The standard InChI is InChI=1S/C30H38O16/c1-39-13-7-18(41-3)22-15(33)9-17(43-19(22)8-13)14-5-4-12(6-16(14)40-2)42-30-27(38)28(24(35)21(11-32)45-30)46-29-26(37)25(36)23(34)20(10-31)44-29/h4-8,17,20-21,23-32,34-38H,9-11H2,1-3H3/t17?,20-,21-,23+,24-,25+,26-,27-,28+,29+,30-/m1/s1. The summed E-state index contributed by atoms with van der Waals surface area (Å²) in [6.07, 6.45) is -16.8. The van der Waals surface area contributed by atoms with E-state index in [4.69, 9.17) is 37.9 Å². The minimum atomic E-state index is -1.81. The quantitative estimate of drug-likeness (QED) is 0.153. The average Bonchev–Trinajstić information content (AvgIpc) is 3.06. The number of benzene rings is 2. The predicted octanol–water partition coefficient (Wildman–Crippen LogP) is -1.58. The van der Waals surface area contributed by atoms with Gasteiger partial charge in [0.15, 0.2) is 12.1 Å². The molecule has 16 heteroatoms. The van der Waals surface area contributed by atoms with Crippen molar-refractivity contribution in [1.29, 1.82) is 0 Å². The van der Waals surface area contributed by atoms with Crippen LogP contribution in [0.25, 0.3) is 0 Å². The number of methoxy groups -OCH3 is 3. The fourth-order valence-electron chi connectivity index (χ4n) is 5.66. The molecule has 2 aromatic carbocycles. The zero-order chi connectivity index (χ0) is 33.3. The lowest BCUT2D eigenvalue weighted by molar-refractivity contribution is -0.352. The van der Waals surface area contributed by atoms with Crippen molar-refractivity contribution in [2.75, 3.05) is 34.5 Å². The molecule has 2 saturated heterocycles. The molecule has 7 N–H and O–H groups in total. The van der Waals surface area contributed by atoms with E-state index in [0.717, 1.165) is 0 Å². The van der Waals surface area contributed by atoms with E-state index in [0.29, 0.717) is 22.6 Å². The Kier molecular flexibility index (Phi) is 10.5.